The number of amides is 1. The molecule has 1 aliphatic rings. The van der Waals surface area contributed by atoms with Crippen molar-refractivity contribution in [3.8, 4) is 0 Å². The van der Waals surface area contributed by atoms with Crippen LogP contribution in [-0.2, 0) is 17.8 Å². The predicted octanol–water partition coefficient (Wildman–Crippen LogP) is 3.51. The van der Waals surface area contributed by atoms with Crippen molar-refractivity contribution in [3.63, 3.8) is 0 Å². The highest BCUT2D eigenvalue weighted by molar-refractivity contribution is 7.07. The van der Waals surface area contributed by atoms with Gasteiger partial charge in [-0.05, 0) is 40.4 Å². The van der Waals surface area contributed by atoms with E-state index in [9.17, 15) is 4.79 Å². The molecule has 3 aromatic rings. The van der Waals surface area contributed by atoms with Gasteiger partial charge in [-0.3, -0.25) is 9.69 Å². The van der Waals surface area contributed by atoms with Crippen LogP contribution in [0.15, 0.2) is 47.3 Å². The highest BCUT2D eigenvalue weighted by Crippen LogP contribution is 2.19. The molecule has 5 heteroatoms. The van der Waals surface area contributed by atoms with Crippen LogP contribution in [0, 0.1) is 0 Å². The smallest absolute Gasteiger partial charge is 0.222 e. The summed E-state index contributed by atoms with van der Waals surface area (Å²) in [5.41, 5.74) is 3.76. The van der Waals surface area contributed by atoms with Crippen LogP contribution in [-0.4, -0.2) is 46.9 Å². The number of aromatic amines is 1. The summed E-state index contributed by atoms with van der Waals surface area (Å²) >= 11 is 1.75. The van der Waals surface area contributed by atoms with Crippen molar-refractivity contribution in [3.05, 3.63) is 58.4 Å². The SMILES string of the molecule is O=C(CCc1c[nH]c2ccccc12)N1CCN(Cc2ccsc2)CC1. The lowest BCUT2D eigenvalue weighted by Crippen LogP contribution is -2.48. The number of aryl methyl sites for hydroxylation is 1. The van der Waals surface area contributed by atoms with Gasteiger partial charge in [-0.15, -0.1) is 0 Å². The van der Waals surface area contributed by atoms with Gasteiger partial charge >= 0.3 is 0 Å². The molecule has 1 aromatic carbocycles. The fourth-order valence-electron chi connectivity index (χ4n) is 3.53. The van der Waals surface area contributed by atoms with Gasteiger partial charge in [0.2, 0.25) is 5.91 Å². The third kappa shape index (κ3) is 3.78. The van der Waals surface area contributed by atoms with Gasteiger partial charge in [0.1, 0.15) is 0 Å². The monoisotopic (exact) mass is 353 g/mol. The van der Waals surface area contributed by atoms with Crippen LogP contribution in [0.4, 0.5) is 0 Å². The molecule has 4 rings (SSSR count). The molecule has 25 heavy (non-hydrogen) atoms. The summed E-state index contributed by atoms with van der Waals surface area (Å²) < 4.78 is 0. The molecule has 0 bridgehead atoms. The van der Waals surface area contributed by atoms with Crippen LogP contribution in [0.25, 0.3) is 10.9 Å². The van der Waals surface area contributed by atoms with Crippen LogP contribution >= 0.6 is 11.3 Å². The number of nitrogens with zero attached hydrogens (tertiary/aromatic N) is 2. The van der Waals surface area contributed by atoms with E-state index in [1.54, 1.807) is 11.3 Å². The second kappa shape index (κ2) is 7.42. The molecule has 1 aliphatic heterocycles. The molecule has 2 aromatic heterocycles. The molecule has 3 heterocycles. The van der Waals surface area contributed by atoms with Crippen molar-refractivity contribution in [2.24, 2.45) is 0 Å². The molecule has 0 atom stereocenters. The number of carbonyl (C=O) groups excluding carboxylic acids is 1. The van der Waals surface area contributed by atoms with Gasteiger partial charge in [0.05, 0.1) is 0 Å². The lowest BCUT2D eigenvalue weighted by molar-refractivity contribution is -0.132. The average molecular weight is 353 g/mol. The van der Waals surface area contributed by atoms with E-state index in [0.29, 0.717) is 6.42 Å². The fraction of sp³-hybridized carbons (Fsp3) is 0.350. The summed E-state index contributed by atoms with van der Waals surface area (Å²) in [5.74, 6) is 0.278. The third-order valence-corrected chi connectivity index (χ3v) is 5.73. The second-order valence-electron chi connectivity index (χ2n) is 6.65. The maximum atomic E-state index is 12.6. The standard InChI is InChI=1S/C20H23N3OS/c24-20(6-5-17-13-21-19-4-2-1-3-18(17)19)23-10-8-22(9-11-23)14-16-7-12-25-15-16/h1-4,7,12-13,15,21H,5-6,8-11,14H2. The van der Waals surface area contributed by atoms with Crippen LogP contribution in [0.3, 0.4) is 0 Å². The minimum Gasteiger partial charge on any atom is -0.361 e. The average Bonchev–Trinajstić information content (AvgIpc) is 3.30. The van der Waals surface area contributed by atoms with E-state index in [-0.39, 0.29) is 5.91 Å². The van der Waals surface area contributed by atoms with Crippen molar-refractivity contribution >= 4 is 28.1 Å². The number of rotatable bonds is 5. The van der Waals surface area contributed by atoms with Crippen molar-refractivity contribution in [1.29, 1.82) is 0 Å². The molecule has 130 valence electrons. The van der Waals surface area contributed by atoms with Gasteiger partial charge < -0.3 is 9.88 Å². The zero-order chi connectivity index (χ0) is 17.1. The van der Waals surface area contributed by atoms with Gasteiger partial charge in [0.15, 0.2) is 0 Å². The first kappa shape index (κ1) is 16.4. The van der Waals surface area contributed by atoms with E-state index in [2.05, 4.69) is 38.8 Å². The van der Waals surface area contributed by atoms with Gasteiger partial charge in [0, 0.05) is 56.2 Å². The number of aromatic nitrogens is 1. The summed E-state index contributed by atoms with van der Waals surface area (Å²) in [6, 6.07) is 10.5. The van der Waals surface area contributed by atoms with E-state index in [0.717, 1.165) is 44.7 Å². The Hall–Kier alpha value is -2.11. The molecule has 1 N–H and O–H groups in total. The first-order chi connectivity index (χ1) is 12.3. The van der Waals surface area contributed by atoms with E-state index in [1.165, 1.54) is 16.5 Å². The molecule has 0 aliphatic carbocycles. The number of hydrogen-bond acceptors (Lipinski definition) is 3. The van der Waals surface area contributed by atoms with E-state index in [1.807, 2.05) is 23.2 Å². The normalized spacial score (nSPS) is 15.8. The topological polar surface area (TPSA) is 39.3 Å². The van der Waals surface area contributed by atoms with Gasteiger partial charge in [-0.2, -0.15) is 11.3 Å². The fourth-order valence-corrected chi connectivity index (χ4v) is 4.19. The molecule has 1 amide bonds. The molecule has 0 saturated carbocycles. The number of piperazine rings is 1. The second-order valence-corrected chi connectivity index (χ2v) is 7.43. The maximum absolute atomic E-state index is 12.6. The molecular weight excluding hydrogens is 330 g/mol. The lowest BCUT2D eigenvalue weighted by atomic mass is 10.1. The lowest BCUT2D eigenvalue weighted by Gasteiger charge is -2.34. The minimum atomic E-state index is 0.278. The van der Waals surface area contributed by atoms with E-state index in [4.69, 9.17) is 0 Å². The maximum Gasteiger partial charge on any atom is 0.222 e. The third-order valence-electron chi connectivity index (χ3n) is 4.99. The van der Waals surface area contributed by atoms with Gasteiger partial charge in [-0.1, -0.05) is 18.2 Å². The number of benzene rings is 1. The Kier molecular flexibility index (Phi) is 4.85. The van der Waals surface area contributed by atoms with Crippen LogP contribution in [0.2, 0.25) is 0 Å². The van der Waals surface area contributed by atoms with Gasteiger partial charge in [0.25, 0.3) is 0 Å². The summed E-state index contributed by atoms with van der Waals surface area (Å²) in [6.07, 6.45) is 3.43. The Labute approximate surface area is 152 Å². The zero-order valence-electron chi connectivity index (χ0n) is 14.3. The quantitative estimate of drug-likeness (QED) is 0.762. The van der Waals surface area contributed by atoms with Crippen molar-refractivity contribution < 1.29 is 4.79 Å². The first-order valence-corrected chi connectivity index (χ1v) is 9.80. The molecule has 1 fully saturated rings. The summed E-state index contributed by atoms with van der Waals surface area (Å²) in [6.45, 7) is 4.62. The Balaban J connectivity index is 1.28. The van der Waals surface area contributed by atoms with Crippen molar-refractivity contribution in [2.75, 3.05) is 26.2 Å². The highest BCUT2D eigenvalue weighted by Gasteiger charge is 2.21. The van der Waals surface area contributed by atoms with Crippen LogP contribution in [0.1, 0.15) is 17.5 Å². The number of para-hydroxylation sites is 1. The molecule has 1 saturated heterocycles. The number of thiophene rings is 1. The Morgan fingerprint density at radius 3 is 2.76 bits per heavy atom. The van der Waals surface area contributed by atoms with E-state index >= 15 is 0 Å². The van der Waals surface area contributed by atoms with Crippen LogP contribution < -0.4 is 0 Å². The first-order valence-electron chi connectivity index (χ1n) is 8.86. The number of carbonyl (C=O) groups is 1. The minimum absolute atomic E-state index is 0.278. The summed E-state index contributed by atoms with van der Waals surface area (Å²) in [7, 11) is 0. The number of H-pyrrole nitrogens is 1. The largest absolute Gasteiger partial charge is 0.361 e. The van der Waals surface area contributed by atoms with Crippen LogP contribution in [0.5, 0.6) is 0 Å². The highest BCUT2D eigenvalue weighted by atomic mass is 32.1. The predicted molar refractivity (Wildman–Crippen MR) is 103 cm³/mol. The Morgan fingerprint density at radius 2 is 1.96 bits per heavy atom. The Morgan fingerprint density at radius 1 is 1.12 bits per heavy atom. The number of nitrogens with one attached hydrogen (secondary N) is 1. The van der Waals surface area contributed by atoms with Gasteiger partial charge in [-0.25, -0.2) is 0 Å². The Bertz CT molecular complexity index is 832. The summed E-state index contributed by atoms with van der Waals surface area (Å²) in [5, 5.41) is 5.56. The molecule has 0 spiro atoms. The zero-order valence-corrected chi connectivity index (χ0v) is 15.1. The molecule has 0 radical (unpaired) electrons. The number of fused-ring (bicyclic) bond motifs is 1. The molecular formula is C20H23N3OS. The number of hydrogen-bond donors (Lipinski definition) is 1. The summed E-state index contributed by atoms with van der Waals surface area (Å²) in [4.78, 5) is 20.3. The van der Waals surface area contributed by atoms with Crippen molar-refractivity contribution in [2.45, 2.75) is 19.4 Å². The molecule has 0 unspecified atom stereocenters. The van der Waals surface area contributed by atoms with Crippen molar-refractivity contribution in [1.82, 2.24) is 14.8 Å². The van der Waals surface area contributed by atoms with E-state index < -0.39 is 0 Å². The molecule has 4 nitrogen and oxygen atoms in total.